The van der Waals surface area contributed by atoms with Crippen LogP contribution in [0.4, 0.5) is 10.1 Å². The molecule has 1 fully saturated rings. The number of halogens is 1. The standard InChI is InChI=1S/C14H19FN2O2/c1-9-6-13(11(10(2)18)7-12(9)15)17-5-4-16(3)14(19)8-17/h6-7,10,18H,4-5,8H2,1-3H3/t10-/m0/s1. The largest absolute Gasteiger partial charge is 0.389 e. The van der Waals surface area contributed by atoms with E-state index in [4.69, 9.17) is 0 Å². The third-order valence-corrected chi connectivity index (χ3v) is 3.56. The number of aliphatic hydroxyl groups excluding tert-OH is 1. The predicted octanol–water partition coefficient (Wildman–Crippen LogP) is 1.47. The van der Waals surface area contributed by atoms with Gasteiger partial charge in [0.15, 0.2) is 0 Å². The van der Waals surface area contributed by atoms with E-state index in [2.05, 4.69) is 0 Å². The van der Waals surface area contributed by atoms with Crippen molar-refractivity contribution in [3.8, 4) is 0 Å². The van der Waals surface area contributed by atoms with Crippen molar-refractivity contribution in [1.29, 1.82) is 0 Å². The lowest BCUT2D eigenvalue weighted by atomic mass is 10.0. The van der Waals surface area contributed by atoms with Crippen LogP contribution in [0.2, 0.25) is 0 Å². The Kier molecular flexibility index (Phi) is 3.75. The number of carbonyl (C=O) groups is 1. The third-order valence-electron chi connectivity index (χ3n) is 3.56. The summed E-state index contributed by atoms with van der Waals surface area (Å²) in [5.74, 6) is -0.301. The summed E-state index contributed by atoms with van der Waals surface area (Å²) in [4.78, 5) is 15.3. The first kappa shape index (κ1) is 13.8. The number of amides is 1. The van der Waals surface area contributed by atoms with E-state index in [0.717, 1.165) is 5.69 Å². The van der Waals surface area contributed by atoms with Gasteiger partial charge in [-0.05, 0) is 31.5 Å². The molecule has 4 nitrogen and oxygen atoms in total. The average Bonchev–Trinajstić information content (AvgIpc) is 2.35. The minimum Gasteiger partial charge on any atom is -0.389 e. The molecule has 0 saturated carbocycles. The first-order chi connectivity index (χ1) is 8.90. The molecule has 1 atom stereocenters. The van der Waals surface area contributed by atoms with Crippen LogP contribution in [0.15, 0.2) is 12.1 Å². The highest BCUT2D eigenvalue weighted by molar-refractivity contribution is 5.83. The van der Waals surface area contributed by atoms with Crippen LogP contribution in [-0.2, 0) is 4.79 Å². The number of rotatable bonds is 2. The zero-order valence-electron chi connectivity index (χ0n) is 11.5. The van der Waals surface area contributed by atoms with E-state index in [0.29, 0.717) is 24.2 Å². The Labute approximate surface area is 112 Å². The molecule has 5 heteroatoms. The van der Waals surface area contributed by atoms with Crippen molar-refractivity contribution in [3.63, 3.8) is 0 Å². The Morgan fingerprint density at radius 2 is 2.05 bits per heavy atom. The summed E-state index contributed by atoms with van der Waals surface area (Å²) in [5, 5.41) is 9.78. The highest BCUT2D eigenvalue weighted by atomic mass is 19.1. The van der Waals surface area contributed by atoms with Crippen LogP contribution < -0.4 is 4.90 Å². The van der Waals surface area contributed by atoms with Gasteiger partial charge in [-0.2, -0.15) is 0 Å². The SMILES string of the molecule is Cc1cc(N2CCN(C)C(=O)C2)c([C@H](C)O)cc1F. The van der Waals surface area contributed by atoms with E-state index < -0.39 is 6.10 Å². The second-order valence-corrected chi connectivity index (χ2v) is 5.07. The van der Waals surface area contributed by atoms with Crippen molar-refractivity contribution in [2.45, 2.75) is 20.0 Å². The first-order valence-corrected chi connectivity index (χ1v) is 6.37. The molecule has 0 radical (unpaired) electrons. The fourth-order valence-corrected chi connectivity index (χ4v) is 2.25. The molecule has 1 aromatic rings. The number of hydrogen-bond donors (Lipinski definition) is 1. The normalized spacial score (nSPS) is 17.8. The zero-order chi connectivity index (χ0) is 14.2. The van der Waals surface area contributed by atoms with E-state index in [1.807, 2.05) is 4.90 Å². The molecule has 0 bridgehead atoms. The van der Waals surface area contributed by atoms with Crippen LogP contribution in [0.5, 0.6) is 0 Å². The lowest BCUT2D eigenvalue weighted by molar-refractivity contribution is -0.129. The summed E-state index contributed by atoms with van der Waals surface area (Å²) in [6.45, 7) is 4.87. The summed E-state index contributed by atoms with van der Waals surface area (Å²) in [5.41, 5.74) is 1.79. The molecule has 19 heavy (non-hydrogen) atoms. The molecule has 1 aromatic carbocycles. The Hall–Kier alpha value is -1.62. The number of piperazine rings is 1. The smallest absolute Gasteiger partial charge is 0.241 e. The predicted molar refractivity (Wildman–Crippen MR) is 71.6 cm³/mol. The summed E-state index contributed by atoms with van der Waals surface area (Å²) in [6.07, 6.45) is -0.764. The van der Waals surface area contributed by atoms with Gasteiger partial charge in [0.1, 0.15) is 5.82 Å². The van der Waals surface area contributed by atoms with Gasteiger partial charge in [-0.15, -0.1) is 0 Å². The van der Waals surface area contributed by atoms with Crippen LogP contribution in [0.3, 0.4) is 0 Å². The number of nitrogens with zero attached hydrogens (tertiary/aromatic N) is 2. The molecular formula is C14H19FN2O2. The molecule has 1 aliphatic rings. The van der Waals surface area contributed by atoms with Crippen LogP contribution >= 0.6 is 0 Å². The van der Waals surface area contributed by atoms with E-state index in [-0.39, 0.29) is 18.3 Å². The van der Waals surface area contributed by atoms with E-state index in [9.17, 15) is 14.3 Å². The fraction of sp³-hybridized carbons (Fsp3) is 0.500. The Morgan fingerprint density at radius 3 is 2.63 bits per heavy atom. The number of anilines is 1. The monoisotopic (exact) mass is 266 g/mol. The maximum atomic E-state index is 13.6. The second kappa shape index (κ2) is 5.17. The second-order valence-electron chi connectivity index (χ2n) is 5.07. The number of likely N-dealkylation sites (N-methyl/N-ethyl adjacent to an activating group) is 1. The molecule has 2 rings (SSSR count). The van der Waals surface area contributed by atoms with Crippen molar-refractivity contribution < 1.29 is 14.3 Å². The number of aryl methyl sites for hydroxylation is 1. The van der Waals surface area contributed by atoms with Gasteiger partial charge in [0.05, 0.1) is 12.6 Å². The van der Waals surface area contributed by atoms with Crippen LogP contribution in [-0.4, -0.2) is 42.6 Å². The maximum Gasteiger partial charge on any atom is 0.241 e. The molecular weight excluding hydrogens is 247 g/mol. The molecule has 0 aromatic heterocycles. The van der Waals surface area contributed by atoms with Crippen molar-refractivity contribution in [2.75, 3.05) is 31.6 Å². The van der Waals surface area contributed by atoms with Gasteiger partial charge < -0.3 is 14.9 Å². The quantitative estimate of drug-likeness (QED) is 0.881. The van der Waals surface area contributed by atoms with Crippen molar-refractivity contribution in [3.05, 3.63) is 29.1 Å². The number of aliphatic hydroxyl groups is 1. The molecule has 0 unspecified atom stereocenters. The number of benzene rings is 1. The number of hydrogen-bond acceptors (Lipinski definition) is 3. The van der Waals surface area contributed by atoms with Gasteiger partial charge in [-0.3, -0.25) is 4.79 Å². The van der Waals surface area contributed by atoms with Crippen LogP contribution in [0.25, 0.3) is 0 Å². The van der Waals surface area contributed by atoms with E-state index in [1.54, 1.807) is 31.9 Å². The molecule has 1 heterocycles. The maximum absolute atomic E-state index is 13.6. The van der Waals surface area contributed by atoms with E-state index >= 15 is 0 Å². The fourth-order valence-electron chi connectivity index (χ4n) is 2.25. The Balaban J connectivity index is 2.38. The lowest BCUT2D eigenvalue weighted by Crippen LogP contribution is -2.48. The summed E-state index contributed by atoms with van der Waals surface area (Å²) in [7, 11) is 1.77. The van der Waals surface area contributed by atoms with Gasteiger partial charge in [-0.1, -0.05) is 0 Å². The topological polar surface area (TPSA) is 43.8 Å². The van der Waals surface area contributed by atoms with Crippen molar-refractivity contribution >= 4 is 11.6 Å². The first-order valence-electron chi connectivity index (χ1n) is 6.37. The molecule has 0 aliphatic carbocycles. The lowest BCUT2D eigenvalue weighted by Gasteiger charge is -2.35. The van der Waals surface area contributed by atoms with Crippen molar-refractivity contribution in [2.24, 2.45) is 0 Å². The molecule has 104 valence electrons. The van der Waals surface area contributed by atoms with Gasteiger partial charge in [0.2, 0.25) is 5.91 Å². The van der Waals surface area contributed by atoms with Gasteiger partial charge in [-0.25, -0.2) is 4.39 Å². The van der Waals surface area contributed by atoms with Crippen LogP contribution in [0.1, 0.15) is 24.2 Å². The van der Waals surface area contributed by atoms with Gasteiger partial charge in [0.25, 0.3) is 0 Å². The van der Waals surface area contributed by atoms with Crippen LogP contribution in [0, 0.1) is 12.7 Å². The summed E-state index contributed by atoms with van der Waals surface area (Å²) in [6, 6.07) is 3.06. The minimum absolute atomic E-state index is 0.0322. The molecule has 0 spiro atoms. The number of carbonyl (C=O) groups excluding carboxylic acids is 1. The summed E-state index contributed by atoms with van der Waals surface area (Å²) < 4.78 is 13.6. The molecule has 1 saturated heterocycles. The Bertz CT molecular complexity index is 502. The minimum atomic E-state index is -0.764. The van der Waals surface area contributed by atoms with Gasteiger partial charge >= 0.3 is 0 Å². The molecule has 1 N–H and O–H groups in total. The highest BCUT2D eigenvalue weighted by Crippen LogP contribution is 2.30. The zero-order valence-corrected chi connectivity index (χ0v) is 11.5. The Morgan fingerprint density at radius 1 is 1.37 bits per heavy atom. The van der Waals surface area contributed by atoms with Gasteiger partial charge in [0, 0.05) is 31.4 Å². The third kappa shape index (κ3) is 2.71. The average molecular weight is 266 g/mol. The molecule has 1 amide bonds. The van der Waals surface area contributed by atoms with Crippen molar-refractivity contribution in [1.82, 2.24) is 4.90 Å². The highest BCUT2D eigenvalue weighted by Gasteiger charge is 2.24. The molecule has 1 aliphatic heterocycles. The summed E-state index contributed by atoms with van der Waals surface area (Å²) >= 11 is 0. The van der Waals surface area contributed by atoms with E-state index in [1.165, 1.54) is 6.07 Å².